The summed E-state index contributed by atoms with van der Waals surface area (Å²) in [7, 11) is 1.77. The maximum absolute atomic E-state index is 14.0. The Hall–Kier alpha value is -0.970. The van der Waals surface area contributed by atoms with Crippen molar-refractivity contribution in [1.82, 2.24) is 10.2 Å². The fraction of sp³-hybridized carbons (Fsp3) is 0.647. The molecule has 1 aliphatic heterocycles. The number of nitrogens with zero attached hydrogens (tertiary/aromatic N) is 1. The maximum Gasteiger partial charge on any atom is 0.127 e. The third kappa shape index (κ3) is 4.77. The second kappa shape index (κ2) is 8.47. The molecular weight excluding hydrogens is 267 g/mol. The first kappa shape index (κ1) is 16.4. The van der Waals surface area contributed by atoms with Crippen LogP contribution in [0.3, 0.4) is 0 Å². The van der Waals surface area contributed by atoms with Crippen LogP contribution in [0.4, 0.5) is 4.39 Å². The molecule has 4 heteroatoms. The van der Waals surface area contributed by atoms with Crippen molar-refractivity contribution in [3.05, 3.63) is 35.6 Å². The number of hydrogen-bond acceptors (Lipinski definition) is 3. The molecular formula is C17H27FN2O. The molecule has 1 aromatic carbocycles. The number of halogens is 1. The van der Waals surface area contributed by atoms with E-state index in [1.54, 1.807) is 19.2 Å². The van der Waals surface area contributed by atoms with Crippen molar-refractivity contribution in [3.8, 4) is 0 Å². The molecule has 0 aromatic heterocycles. The molecule has 0 radical (unpaired) electrons. The van der Waals surface area contributed by atoms with Gasteiger partial charge in [0.1, 0.15) is 5.82 Å². The lowest BCUT2D eigenvalue weighted by molar-refractivity contribution is 0.152. The number of methoxy groups -OCH3 is 1. The fourth-order valence-corrected chi connectivity index (χ4v) is 3.17. The zero-order valence-corrected chi connectivity index (χ0v) is 13.1. The summed E-state index contributed by atoms with van der Waals surface area (Å²) in [6.45, 7) is 7.00. The number of ether oxygens (including phenoxy) is 1. The van der Waals surface area contributed by atoms with Gasteiger partial charge in [0.15, 0.2) is 0 Å². The first-order valence-corrected chi connectivity index (χ1v) is 7.93. The zero-order chi connectivity index (χ0) is 15.1. The Morgan fingerprint density at radius 1 is 1.43 bits per heavy atom. The SMILES string of the molecule is CCNC(CCN1CCC(COC)C1)c1ccccc1F. The summed E-state index contributed by atoms with van der Waals surface area (Å²) in [6.07, 6.45) is 2.15. The van der Waals surface area contributed by atoms with Crippen molar-refractivity contribution in [3.63, 3.8) is 0 Å². The predicted octanol–water partition coefficient (Wildman–Crippen LogP) is 2.83. The summed E-state index contributed by atoms with van der Waals surface area (Å²) in [6, 6.07) is 7.19. The average molecular weight is 294 g/mol. The van der Waals surface area contributed by atoms with E-state index < -0.39 is 0 Å². The van der Waals surface area contributed by atoms with E-state index in [-0.39, 0.29) is 11.9 Å². The van der Waals surface area contributed by atoms with E-state index in [2.05, 4.69) is 17.1 Å². The van der Waals surface area contributed by atoms with E-state index in [9.17, 15) is 4.39 Å². The second-order valence-electron chi connectivity index (χ2n) is 5.83. The highest BCUT2D eigenvalue weighted by Crippen LogP contribution is 2.22. The number of hydrogen-bond donors (Lipinski definition) is 1. The number of likely N-dealkylation sites (tertiary alicyclic amines) is 1. The molecule has 0 saturated carbocycles. The van der Waals surface area contributed by atoms with Gasteiger partial charge in [0.05, 0.1) is 6.61 Å². The molecule has 2 atom stereocenters. The van der Waals surface area contributed by atoms with Crippen molar-refractivity contribution in [2.75, 3.05) is 39.9 Å². The standard InChI is InChI=1S/C17H27FN2O/c1-3-19-17(15-6-4-5-7-16(15)18)9-11-20-10-8-14(12-20)13-21-2/h4-7,14,17,19H,3,8-13H2,1-2H3. The maximum atomic E-state index is 14.0. The molecule has 2 unspecified atom stereocenters. The van der Waals surface area contributed by atoms with Gasteiger partial charge in [-0.25, -0.2) is 4.39 Å². The minimum Gasteiger partial charge on any atom is -0.384 e. The average Bonchev–Trinajstić information content (AvgIpc) is 2.92. The second-order valence-corrected chi connectivity index (χ2v) is 5.83. The van der Waals surface area contributed by atoms with Gasteiger partial charge in [0.2, 0.25) is 0 Å². The molecule has 0 amide bonds. The van der Waals surface area contributed by atoms with Crippen molar-refractivity contribution in [2.45, 2.75) is 25.8 Å². The molecule has 1 N–H and O–H groups in total. The van der Waals surface area contributed by atoms with Gasteiger partial charge in [0.25, 0.3) is 0 Å². The van der Waals surface area contributed by atoms with Crippen LogP contribution in [0.1, 0.15) is 31.4 Å². The number of nitrogens with one attached hydrogen (secondary N) is 1. The molecule has 0 aliphatic carbocycles. The summed E-state index contributed by atoms with van der Waals surface area (Å²) in [5.74, 6) is 0.545. The summed E-state index contributed by atoms with van der Waals surface area (Å²) in [4.78, 5) is 2.47. The van der Waals surface area contributed by atoms with E-state index in [0.29, 0.717) is 5.92 Å². The summed E-state index contributed by atoms with van der Waals surface area (Å²) >= 11 is 0. The highest BCUT2D eigenvalue weighted by atomic mass is 19.1. The molecule has 0 spiro atoms. The van der Waals surface area contributed by atoms with Crippen molar-refractivity contribution in [1.29, 1.82) is 0 Å². The summed E-state index contributed by atoms with van der Waals surface area (Å²) < 4.78 is 19.2. The van der Waals surface area contributed by atoms with Gasteiger partial charge in [-0.15, -0.1) is 0 Å². The zero-order valence-electron chi connectivity index (χ0n) is 13.1. The normalized spacial score (nSPS) is 20.8. The molecule has 1 aliphatic rings. The lowest BCUT2D eigenvalue weighted by atomic mass is 10.0. The number of rotatable bonds is 8. The third-order valence-electron chi connectivity index (χ3n) is 4.24. The lowest BCUT2D eigenvalue weighted by Crippen LogP contribution is -2.29. The fourth-order valence-electron chi connectivity index (χ4n) is 3.17. The first-order valence-electron chi connectivity index (χ1n) is 7.93. The van der Waals surface area contributed by atoms with Gasteiger partial charge in [-0.3, -0.25) is 0 Å². The first-order chi connectivity index (χ1) is 10.2. The Labute approximate surface area is 127 Å². The Kier molecular flexibility index (Phi) is 6.61. The predicted molar refractivity (Wildman–Crippen MR) is 83.9 cm³/mol. The van der Waals surface area contributed by atoms with E-state index in [1.807, 2.05) is 12.1 Å². The molecule has 1 saturated heterocycles. The van der Waals surface area contributed by atoms with Crippen LogP contribution in [-0.2, 0) is 4.74 Å². The van der Waals surface area contributed by atoms with Crippen LogP contribution in [0, 0.1) is 11.7 Å². The van der Waals surface area contributed by atoms with E-state index in [4.69, 9.17) is 4.74 Å². The Bertz CT molecular complexity index is 427. The molecule has 21 heavy (non-hydrogen) atoms. The van der Waals surface area contributed by atoms with Crippen molar-refractivity contribution >= 4 is 0 Å². The van der Waals surface area contributed by atoms with Crippen LogP contribution in [0.5, 0.6) is 0 Å². The minimum absolute atomic E-state index is 0.0951. The smallest absolute Gasteiger partial charge is 0.127 e. The van der Waals surface area contributed by atoms with Crippen molar-refractivity contribution < 1.29 is 9.13 Å². The van der Waals surface area contributed by atoms with Crippen LogP contribution in [0.25, 0.3) is 0 Å². The van der Waals surface area contributed by atoms with Crippen LogP contribution in [0.2, 0.25) is 0 Å². The van der Waals surface area contributed by atoms with Crippen LogP contribution >= 0.6 is 0 Å². The quantitative estimate of drug-likeness (QED) is 0.798. The van der Waals surface area contributed by atoms with E-state index in [0.717, 1.165) is 44.8 Å². The van der Waals surface area contributed by atoms with Gasteiger partial charge in [-0.1, -0.05) is 25.1 Å². The Morgan fingerprint density at radius 2 is 2.24 bits per heavy atom. The molecule has 0 bridgehead atoms. The highest BCUT2D eigenvalue weighted by molar-refractivity contribution is 5.21. The van der Waals surface area contributed by atoms with Gasteiger partial charge in [0, 0.05) is 25.3 Å². The summed E-state index contributed by atoms with van der Waals surface area (Å²) in [5, 5.41) is 3.41. The lowest BCUT2D eigenvalue weighted by Gasteiger charge is -2.23. The van der Waals surface area contributed by atoms with E-state index in [1.165, 1.54) is 6.42 Å². The van der Waals surface area contributed by atoms with Crippen LogP contribution in [0.15, 0.2) is 24.3 Å². The molecule has 1 fully saturated rings. The largest absolute Gasteiger partial charge is 0.384 e. The Morgan fingerprint density at radius 3 is 2.95 bits per heavy atom. The molecule has 1 aromatic rings. The van der Waals surface area contributed by atoms with Gasteiger partial charge in [-0.05, 0) is 44.5 Å². The number of benzene rings is 1. The highest BCUT2D eigenvalue weighted by Gasteiger charge is 2.23. The Balaban J connectivity index is 1.88. The molecule has 2 rings (SSSR count). The van der Waals surface area contributed by atoms with Crippen molar-refractivity contribution in [2.24, 2.45) is 5.92 Å². The molecule has 118 valence electrons. The third-order valence-corrected chi connectivity index (χ3v) is 4.24. The molecule has 1 heterocycles. The van der Waals surface area contributed by atoms with Crippen LogP contribution < -0.4 is 5.32 Å². The summed E-state index contributed by atoms with van der Waals surface area (Å²) in [5.41, 5.74) is 0.784. The van der Waals surface area contributed by atoms with E-state index >= 15 is 0 Å². The topological polar surface area (TPSA) is 24.5 Å². The molecule has 3 nitrogen and oxygen atoms in total. The van der Waals surface area contributed by atoms with Gasteiger partial charge >= 0.3 is 0 Å². The van der Waals surface area contributed by atoms with Gasteiger partial charge < -0.3 is 15.0 Å². The van der Waals surface area contributed by atoms with Gasteiger partial charge in [-0.2, -0.15) is 0 Å². The van der Waals surface area contributed by atoms with Crippen LogP contribution in [-0.4, -0.2) is 44.8 Å². The minimum atomic E-state index is -0.109. The monoisotopic (exact) mass is 294 g/mol.